The van der Waals surface area contributed by atoms with Crippen molar-refractivity contribution in [2.24, 2.45) is 5.14 Å². The van der Waals surface area contributed by atoms with Gasteiger partial charge in [-0.15, -0.1) is 21.5 Å². The van der Waals surface area contributed by atoms with Crippen LogP contribution in [-0.2, 0) is 16.6 Å². The Kier molecular flexibility index (Phi) is 2.98. The van der Waals surface area contributed by atoms with Crippen molar-refractivity contribution in [1.82, 2.24) is 19.7 Å². The van der Waals surface area contributed by atoms with Gasteiger partial charge in [-0.25, -0.2) is 18.5 Å². The summed E-state index contributed by atoms with van der Waals surface area (Å²) in [5.41, 5.74) is 0. The van der Waals surface area contributed by atoms with Gasteiger partial charge in [0.15, 0.2) is 5.82 Å². The fraction of sp³-hybridized carbons (Fsp3) is 0.375. The average molecular weight is 273 g/mol. The highest BCUT2D eigenvalue weighted by Gasteiger charge is 2.21. The van der Waals surface area contributed by atoms with Crippen LogP contribution in [0.4, 0.5) is 0 Å². The first-order valence-corrected chi connectivity index (χ1v) is 7.18. The molecule has 0 aliphatic heterocycles. The van der Waals surface area contributed by atoms with E-state index in [1.807, 2.05) is 6.92 Å². The first kappa shape index (κ1) is 12.1. The molecular formula is C8H11N5O2S2. The number of primary sulfonamides is 1. The molecule has 0 aliphatic carbocycles. The second kappa shape index (κ2) is 4.17. The number of rotatable bonds is 3. The molecule has 0 atom stereocenters. The van der Waals surface area contributed by atoms with E-state index in [0.29, 0.717) is 12.4 Å². The molecule has 17 heavy (non-hydrogen) atoms. The van der Waals surface area contributed by atoms with E-state index in [9.17, 15) is 8.42 Å². The fourth-order valence-electron chi connectivity index (χ4n) is 1.43. The van der Waals surface area contributed by atoms with Crippen molar-refractivity contribution >= 4 is 21.4 Å². The third-order valence-electron chi connectivity index (χ3n) is 2.13. The van der Waals surface area contributed by atoms with Crippen molar-refractivity contribution in [3.8, 4) is 10.7 Å². The molecule has 2 aromatic rings. The first-order valence-electron chi connectivity index (χ1n) is 4.82. The summed E-state index contributed by atoms with van der Waals surface area (Å²) in [5, 5.41) is 13.2. The molecule has 92 valence electrons. The predicted molar refractivity (Wildman–Crippen MR) is 62.9 cm³/mol. The molecule has 2 rings (SSSR count). The number of thiazole rings is 1. The quantitative estimate of drug-likeness (QED) is 0.870. The summed E-state index contributed by atoms with van der Waals surface area (Å²) in [6.45, 7) is 4.09. The van der Waals surface area contributed by atoms with E-state index in [4.69, 9.17) is 5.14 Å². The minimum Gasteiger partial charge on any atom is -0.296 e. The van der Waals surface area contributed by atoms with Crippen LogP contribution in [0.15, 0.2) is 11.4 Å². The van der Waals surface area contributed by atoms with Crippen molar-refractivity contribution in [2.45, 2.75) is 25.5 Å². The standard InChI is InChI=1S/C8H11N5O2S2/c1-3-13-7(6-4-10-5(2)16-6)11-12-8(13)17(9,14)15/h4H,3H2,1-2H3,(H2,9,14,15). The highest BCUT2D eigenvalue weighted by atomic mass is 32.2. The average Bonchev–Trinajstić information content (AvgIpc) is 2.81. The molecule has 0 amide bonds. The second-order valence-electron chi connectivity index (χ2n) is 3.34. The Hall–Kier alpha value is -1.32. The molecule has 0 aliphatic rings. The lowest BCUT2D eigenvalue weighted by Gasteiger charge is -2.03. The third kappa shape index (κ3) is 2.21. The lowest BCUT2D eigenvalue weighted by atomic mass is 10.5. The van der Waals surface area contributed by atoms with Crippen LogP contribution in [0, 0.1) is 6.92 Å². The summed E-state index contributed by atoms with van der Waals surface area (Å²) in [6.07, 6.45) is 1.64. The summed E-state index contributed by atoms with van der Waals surface area (Å²) in [5.74, 6) is 0.474. The topological polar surface area (TPSA) is 104 Å². The largest absolute Gasteiger partial charge is 0.296 e. The molecule has 0 fully saturated rings. The zero-order valence-electron chi connectivity index (χ0n) is 9.28. The highest BCUT2D eigenvalue weighted by Crippen LogP contribution is 2.25. The molecule has 9 heteroatoms. The highest BCUT2D eigenvalue weighted by molar-refractivity contribution is 7.89. The lowest BCUT2D eigenvalue weighted by Crippen LogP contribution is -2.18. The minimum absolute atomic E-state index is 0.221. The number of hydrogen-bond acceptors (Lipinski definition) is 6. The van der Waals surface area contributed by atoms with Gasteiger partial charge < -0.3 is 0 Å². The molecular weight excluding hydrogens is 262 g/mol. The van der Waals surface area contributed by atoms with E-state index in [0.717, 1.165) is 9.88 Å². The Morgan fingerprint density at radius 1 is 1.47 bits per heavy atom. The molecule has 0 spiro atoms. The lowest BCUT2D eigenvalue weighted by molar-refractivity contribution is 0.571. The number of aromatic nitrogens is 4. The van der Waals surface area contributed by atoms with Crippen molar-refractivity contribution in [3.63, 3.8) is 0 Å². The summed E-state index contributed by atoms with van der Waals surface area (Å²) in [7, 11) is -3.85. The number of hydrogen-bond donors (Lipinski definition) is 1. The SMILES string of the molecule is CCn1c(-c2cnc(C)s2)nnc1S(N)(=O)=O. The molecule has 0 saturated carbocycles. The van der Waals surface area contributed by atoms with Gasteiger partial charge in [-0.2, -0.15) is 0 Å². The summed E-state index contributed by atoms with van der Waals surface area (Å²) in [6, 6.07) is 0. The van der Waals surface area contributed by atoms with Crippen LogP contribution < -0.4 is 5.14 Å². The van der Waals surface area contributed by atoms with E-state index in [1.54, 1.807) is 13.1 Å². The van der Waals surface area contributed by atoms with Gasteiger partial charge in [0.1, 0.15) is 0 Å². The Morgan fingerprint density at radius 3 is 2.65 bits per heavy atom. The van der Waals surface area contributed by atoms with Crippen molar-refractivity contribution < 1.29 is 8.42 Å². The Balaban J connectivity index is 2.61. The van der Waals surface area contributed by atoms with Gasteiger partial charge >= 0.3 is 0 Å². The van der Waals surface area contributed by atoms with Crippen molar-refractivity contribution in [3.05, 3.63) is 11.2 Å². The molecule has 7 nitrogen and oxygen atoms in total. The number of aryl methyl sites for hydroxylation is 1. The Labute approximate surface area is 102 Å². The molecule has 2 aromatic heterocycles. The van der Waals surface area contributed by atoms with Gasteiger partial charge in [0, 0.05) is 12.7 Å². The van der Waals surface area contributed by atoms with Gasteiger partial charge in [0.2, 0.25) is 0 Å². The third-order valence-corrected chi connectivity index (χ3v) is 3.85. The van der Waals surface area contributed by atoms with Gasteiger partial charge in [0.05, 0.1) is 9.88 Å². The smallest absolute Gasteiger partial charge is 0.273 e. The van der Waals surface area contributed by atoms with Gasteiger partial charge in [0.25, 0.3) is 15.2 Å². The number of nitrogens with two attached hydrogens (primary N) is 1. The van der Waals surface area contributed by atoms with Crippen LogP contribution in [0.5, 0.6) is 0 Å². The Morgan fingerprint density at radius 2 is 2.18 bits per heavy atom. The van der Waals surface area contributed by atoms with Crippen LogP contribution in [0.3, 0.4) is 0 Å². The predicted octanol–water partition coefficient (Wildman–Crippen LogP) is 0.377. The number of sulfonamides is 1. The van der Waals surface area contributed by atoms with Crippen LogP contribution in [0.25, 0.3) is 10.7 Å². The molecule has 0 unspecified atom stereocenters. The molecule has 0 bridgehead atoms. The maximum atomic E-state index is 11.3. The van der Waals surface area contributed by atoms with Crippen LogP contribution >= 0.6 is 11.3 Å². The van der Waals surface area contributed by atoms with Gasteiger partial charge in [-0.1, -0.05) is 0 Å². The molecule has 0 radical (unpaired) electrons. The molecule has 0 saturated heterocycles. The summed E-state index contributed by atoms with van der Waals surface area (Å²) < 4.78 is 24.1. The zero-order valence-corrected chi connectivity index (χ0v) is 10.9. The van der Waals surface area contributed by atoms with Crippen LogP contribution in [-0.4, -0.2) is 28.2 Å². The second-order valence-corrected chi connectivity index (χ2v) is 6.03. The fourth-order valence-corrected chi connectivity index (χ4v) is 2.88. The molecule has 0 aromatic carbocycles. The van der Waals surface area contributed by atoms with Crippen molar-refractivity contribution in [2.75, 3.05) is 0 Å². The van der Waals surface area contributed by atoms with E-state index < -0.39 is 10.0 Å². The van der Waals surface area contributed by atoms with Crippen LogP contribution in [0.1, 0.15) is 11.9 Å². The first-order chi connectivity index (χ1) is 7.93. The van der Waals surface area contributed by atoms with E-state index in [-0.39, 0.29) is 5.16 Å². The van der Waals surface area contributed by atoms with E-state index in [1.165, 1.54) is 15.9 Å². The number of nitrogens with zero attached hydrogens (tertiary/aromatic N) is 4. The van der Waals surface area contributed by atoms with Gasteiger partial charge in [-0.3, -0.25) is 4.57 Å². The Bertz CT molecular complexity index is 643. The summed E-state index contributed by atoms with van der Waals surface area (Å²) in [4.78, 5) is 4.87. The summed E-state index contributed by atoms with van der Waals surface area (Å²) >= 11 is 1.42. The van der Waals surface area contributed by atoms with E-state index >= 15 is 0 Å². The van der Waals surface area contributed by atoms with Crippen molar-refractivity contribution in [1.29, 1.82) is 0 Å². The van der Waals surface area contributed by atoms with Gasteiger partial charge in [-0.05, 0) is 13.8 Å². The monoisotopic (exact) mass is 273 g/mol. The molecule has 2 N–H and O–H groups in total. The van der Waals surface area contributed by atoms with E-state index in [2.05, 4.69) is 15.2 Å². The maximum Gasteiger partial charge on any atom is 0.273 e. The normalized spacial score (nSPS) is 11.9. The molecule has 2 heterocycles. The maximum absolute atomic E-state index is 11.3. The van der Waals surface area contributed by atoms with Crippen LogP contribution in [0.2, 0.25) is 0 Å². The zero-order chi connectivity index (χ0) is 12.6. The minimum atomic E-state index is -3.85.